The van der Waals surface area contributed by atoms with Crippen LogP contribution >= 0.6 is 0 Å². The van der Waals surface area contributed by atoms with Gasteiger partial charge in [0.05, 0.1) is 13.0 Å². The highest BCUT2D eigenvalue weighted by molar-refractivity contribution is 5.74. The summed E-state index contributed by atoms with van der Waals surface area (Å²) in [6.07, 6.45) is 7.21. The number of rotatable bonds is 3. The Morgan fingerprint density at radius 3 is 2.16 bits per heavy atom. The fourth-order valence-electron chi connectivity index (χ4n) is 8.85. The second-order valence-electron chi connectivity index (χ2n) is 11.8. The van der Waals surface area contributed by atoms with Crippen molar-refractivity contribution in [2.45, 2.75) is 98.2 Å². The molecule has 4 saturated carbocycles. The lowest BCUT2D eigenvalue weighted by molar-refractivity contribution is -0.222. The van der Waals surface area contributed by atoms with Gasteiger partial charge in [0.2, 0.25) is 0 Å². The monoisotopic (exact) mass is 448 g/mol. The molecule has 4 fully saturated rings. The van der Waals surface area contributed by atoms with Crippen LogP contribution in [0.3, 0.4) is 0 Å². The smallest absolute Gasteiger partial charge is 0.309 e. The van der Waals surface area contributed by atoms with Crippen molar-refractivity contribution < 1.29 is 28.6 Å². The zero-order valence-corrected chi connectivity index (χ0v) is 20.6. The summed E-state index contributed by atoms with van der Waals surface area (Å²) in [7, 11) is 1.48. The Balaban J connectivity index is 1.70. The van der Waals surface area contributed by atoms with Gasteiger partial charge in [0.1, 0.15) is 12.2 Å². The molecule has 0 N–H and O–H groups in total. The molecule has 0 aromatic rings. The van der Waals surface area contributed by atoms with E-state index in [2.05, 4.69) is 20.8 Å². The van der Waals surface area contributed by atoms with E-state index in [0.29, 0.717) is 11.8 Å². The van der Waals surface area contributed by atoms with E-state index in [1.807, 2.05) is 0 Å². The molecular weight excluding hydrogens is 408 g/mol. The van der Waals surface area contributed by atoms with Gasteiger partial charge < -0.3 is 14.2 Å². The van der Waals surface area contributed by atoms with Gasteiger partial charge >= 0.3 is 17.9 Å². The molecule has 0 aromatic carbocycles. The first kappa shape index (κ1) is 23.6. The van der Waals surface area contributed by atoms with E-state index >= 15 is 0 Å². The van der Waals surface area contributed by atoms with E-state index in [0.717, 1.165) is 51.4 Å². The maximum Gasteiger partial charge on any atom is 0.309 e. The van der Waals surface area contributed by atoms with Gasteiger partial charge in [0.25, 0.3) is 0 Å². The zero-order chi connectivity index (χ0) is 23.5. The third-order valence-electron chi connectivity index (χ3n) is 10.4. The van der Waals surface area contributed by atoms with Crippen LogP contribution in [0.4, 0.5) is 0 Å². The molecule has 4 aliphatic carbocycles. The molecule has 4 rings (SSSR count). The van der Waals surface area contributed by atoms with Gasteiger partial charge in [-0.1, -0.05) is 20.8 Å². The van der Waals surface area contributed by atoms with E-state index in [1.165, 1.54) is 21.0 Å². The molecule has 0 spiro atoms. The summed E-state index contributed by atoms with van der Waals surface area (Å²) in [5, 5.41) is 0. The second kappa shape index (κ2) is 8.02. The molecule has 9 atom stereocenters. The van der Waals surface area contributed by atoms with Crippen LogP contribution in [-0.4, -0.2) is 37.2 Å². The van der Waals surface area contributed by atoms with E-state index in [1.54, 1.807) is 0 Å². The molecule has 180 valence electrons. The van der Waals surface area contributed by atoms with Gasteiger partial charge in [-0.25, -0.2) is 0 Å². The van der Waals surface area contributed by atoms with Crippen molar-refractivity contribution in [3.63, 3.8) is 0 Å². The van der Waals surface area contributed by atoms with Crippen molar-refractivity contribution in [2.24, 2.45) is 39.9 Å². The number of methoxy groups -OCH3 is 1. The second-order valence-corrected chi connectivity index (χ2v) is 11.8. The predicted octanol–water partition coefficient (Wildman–Crippen LogP) is 4.68. The van der Waals surface area contributed by atoms with Crippen LogP contribution in [0, 0.1) is 39.9 Å². The van der Waals surface area contributed by atoms with E-state index in [9.17, 15) is 14.4 Å². The van der Waals surface area contributed by atoms with Crippen molar-refractivity contribution in [1.82, 2.24) is 0 Å². The minimum Gasteiger partial charge on any atom is -0.469 e. The van der Waals surface area contributed by atoms with Crippen LogP contribution < -0.4 is 0 Å². The Bertz CT molecular complexity index is 793. The molecule has 6 nitrogen and oxygen atoms in total. The Morgan fingerprint density at radius 1 is 0.844 bits per heavy atom. The van der Waals surface area contributed by atoms with Crippen molar-refractivity contribution in [1.29, 1.82) is 0 Å². The summed E-state index contributed by atoms with van der Waals surface area (Å²) >= 11 is 0. The highest BCUT2D eigenvalue weighted by atomic mass is 16.5. The van der Waals surface area contributed by atoms with Crippen LogP contribution in [0.5, 0.6) is 0 Å². The van der Waals surface area contributed by atoms with Gasteiger partial charge in [-0.15, -0.1) is 0 Å². The van der Waals surface area contributed by atoms with Crippen LogP contribution in [0.25, 0.3) is 0 Å². The fourth-order valence-corrected chi connectivity index (χ4v) is 8.85. The first-order valence-corrected chi connectivity index (χ1v) is 12.4. The summed E-state index contributed by atoms with van der Waals surface area (Å²) < 4.78 is 16.9. The third kappa shape index (κ3) is 3.47. The number of esters is 3. The molecule has 0 radical (unpaired) electrons. The molecule has 0 bridgehead atoms. The molecule has 9 unspecified atom stereocenters. The van der Waals surface area contributed by atoms with Crippen molar-refractivity contribution in [3.05, 3.63) is 0 Å². The van der Waals surface area contributed by atoms with Crippen molar-refractivity contribution in [3.8, 4) is 0 Å². The van der Waals surface area contributed by atoms with Crippen LogP contribution in [0.15, 0.2) is 0 Å². The SMILES string of the molecule is COC(=O)C1CCC2C3CCC4(C)CC(OC(C)=O)CCC4(C)C3C(OC(C)=O)CC12C. The summed E-state index contributed by atoms with van der Waals surface area (Å²) in [5.41, 5.74) is -0.177. The van der Waals surface area contributed by atoms with Gasteiger partial charge in [-0.2, -0.15) is 0 Å². The number of ether oxygens (including phenoxy) is 3. The Kier molecular flexibility index (Phi) is 5.90. The molecule has 32 heavy (non-hydrogen) atoms. The lowest BCUT2D eigenvalue weighted by Crippen LogP contribution is -2.63. The van der Waals surface area contributed by atoms with Gasteiger partial charge in [-0.3, -0.25) is 14.4 Å². The summed E-state index contributed by atoms with van der Waals surface area (Å²) in [6, 6.07) is 0. The van der Waals surface area contributed by atoms with Gasteiger partial charge in [0.15, 0.2) is 0 Å². The molecule has 0 amide bonds. The van der Waals surface area contributed by atoms with Crippen LogP contribution in [0.1, 0.15) is 86.0 Å². The van der Waals surface area contributed by atoms with E-state index in [-0.39, 0.29) is 58.2 Å². The molecule has 6 heteroatoms. The summed E-state index contributed by atoms with van der Waals surface area (Å²) in [6.45, 7) is 9.96. The molecule has 0 aromatic heterocycles. The number of hydrogen-bond acceptors (Lipinski definition) is 6. The first-order valence-electron chi connectivity index (χ1n) is 12.4. The topological polar surface area (TPSA) is 78.9 Å². The average Bonchev–Trinajstić information content (AvgIpc) is 3.03. The molecule has 0 saturated heterocycles. The van der Waals surface area contributed by atoms with E-state index < -0.39 is 0 Å². The molecule has 0 heterocycles. The average molecular weight is 449 g/mol. The van der Waals surface area contributed by atoms with Gasteiger partial charge in [0, 0.05) is 19.8 Å². The number of carbonyl (C=O) groups excluding carboxylic acids is 3. The van der Waals surface area contributed by atoms with Gasteiger partial charge in [-0.05, 0) is 79.4 Å². The standard InChI is InChI=1S/C26H40O6/c1-15(27)31-17-9-12-26(5)22-18(10-11-24(26,3)13-17)19-7-8-20(23(29)30-6)25(19,4)14-21(22)32-16(2)28/h17-22H,7-14H2,1-6H3. The zero-order valence-electron chi connectivity index (χ0n) is 20.6. The highest BCUT2D eigenvalue weighted by Gasteiger charge is 2.67. The quantitative estimate of drug-likeness (QED) is 0.461. The van der Waals surface area contributed by atoms with Crippen molar-refractivity contribution >= 4 is 17.9 Å². The number of fused-ring (bicyclic) bond motifs is 5. The lowest BCUT2D eigenvalue weighted by Gasteiger charge is -2.66. The third-order valence-corrected chi connectivity index (χ3v) is 10.4. The molecule has 0 aliphatic heterocycles. The fraction of sp³-hybridized carbons (Fsp3) is 0.885. The minimum absolute atomic E-state index is 0.00261. The summed E-state index contributed by atoms with van der Waals surface area (Å²) in [4.78, 5) is 36.5. The Labute approximate surface area is 192 Å². The summed E-state index contributed by atoms with van der Waals surface area (Å²) in [5.74, 6) is 0.431. The highest BCUT2D eigenvalue weighted by Crippen LogP contribution is 2.71. The Hall–Kier alpha value is -1.59. The molecule has 4 aliphatic rings. The largest absolute Gasteiger partial charge is 0.469 e. The molecular formula is C26H40O6. The predicted molar refractivity (Wildman–Crippen MR) is 118 cm³/mol. The minimum atomic E-state index is -0.243. The maximum atomic E-state index is 12.7. The number of carbonyl (C=O) groups is 3. The van der Waals surface area contributed by atoms with Crippen LogP contribution in [-0.2, 0) is 28.6 Å². The van der Waals surface area contributed by atoms with Crippen LogP contribution in [0.2, 0.25) is 0 Å². The first-order chi connectivity index (χ1) is 14.9. The lowest BCUT2D eigenvalue weighted by atomic mass is 9.39. The maximum absolute atomic E-state index is 12.7. The van der Waals surface area contributed by atoms with Crippen molar-refractivity contribution in [2.75, 3.05) is 7.11 Å². The Morgan fingerprint density at radius 2 is 1.53 bits per heavy atom. The normalized spacial score (nSPS) is 47.4. The number of hydrogen-bond donors (Lipinski definition) is 0. The van der Waals surface area contributed by atoms with E-state index in [4.69, 9.17) is 14.2 Å².